The highest BCUT2D eigenvalue weighted by molar-refractivity contribution is 5.17. The Bertz CT molecular complexity index is 2600. The molecule has 7 aliphatic heterocycles. The summed E-state index contributed by atoms with van der Waals surface area (Å²) in [5.74, 6) is -0.812. The number of ether oxygens (including phenoxy) is 13. The Hall–Kier alpha value is -1.62. The summed E-state index contributed by atoms with van der Waals surface area (Å²) in [6.07, 6.45) is -50.5. The Labute approximate surface area is 565 Å². The number of aliphatic hydroxyl groups excluding tert-OH is 21. The van der Waals surface area contributed by atoms with Crippen LogP contribution in [0.3, 0.4) is 0 Å². The molecule has 11 aliphatic rings. The Morgan fingerprint density at radius 1 is 0.449 bits per heavy atom. The maximum atomic E-state index is 12.4. The maximum Gasteiger partial charge on any atom is 0.187 e. The lowest BCUT2D eigenvalue weighted by atomic mass is 9.43. The summed E-state index contributed by atoms with van der Waals surface area (Å²) in [7, 11) is 1.64. The van der Waals surface area contributed by atoms with Gasteiger partial charge in [0.05, 0.1) is 64.6 Å². The molecule has 0 aromatic rings. The van der Waals surface area contributed by atoms with Crippen molar-refractivity contribution in [1.29, 1.82) is 0 Å². The van der Waals surface area contributed by atoms with Crippen LogP contribution in [0, 0.1) is 52.3 Å². The molecule has 11 fully saturated rings. The van der Waals surface area contributed by atoms with Crippen molar-refractivity contribution in [3.05, 3.63) is 12.2 Å². The molecule has 7 heterocycles. The number of aliphatic hydroxyl groups is 21. The molecule has 0 spiro atoms. The predicted molar refractivity (Wildman–Crippen MR) is 322 cm³/mol. The normalized spacial score (nSPS) is 55.1. The molecule has 7 saturated heterocycles. The van der Waals surface area contributed by atoms with Crippen molar-refractivity contribution in [3.63, 3.8) is 0 Å². The van der Waals surface area contributed by atoms with Gasteiger partial charge < -0.3 is 169 Å². The van der Waals surface area contributed by atoms with Gasteiger partial charge in [-0.1, -0.05) is 32.9 Å². The second-order valence-corrected chi connectivity index (χ2v) is 29.9. The Morgan fingerprint density at radius 3 is 1.48 bits per heavy atom. The summed E-state index contributed by atoms with van der Waals surface area (Å²) in [6.45, 7) is 5.54. The van der Waals surface area contributed by atoms with E-state index in [1.165, 1.54) is 0 Å². The van der Waals surface area contributed by atoms with Crippen molar-refractivity contribution in [2.75, 3.05) is 53.4 Å². The van der Waals surface area contributed by atoms with Crippen LogP contribution in [-0.4, -0.2) is 363 Å². The molecule has 11 rings (SSSR count). The molecule has 21 N–H and O–H groups in total. The SMILES string of the molecule is C=C(CCC1(OC)O[C@H]2C[C@H]3[C@@H]4CC[C@H]5C[C@@H]([C@@H]6O[C@H](CO)[C@H](O[C@@H]7O[C@H](CO)[C@@H](O)[C@H](O[C@@H]8O[C@H](CO)[C@@H](O)[C@H](O)[C@H]8O)[C@H]7O[C@@H]7O[C@H](CO)[C@@H](O)[C@H](O[C@@H]8O[C@H](CO)[C@@H](O)[C@H](O)[C@H]8O)[C@H]7O)[C@H](O)[C@H]6O)[C@H](O)C[C@]5(C)[C@H]4CC[C@]3(C)[C@H]2[C@@H]1C)CO[C@@H]1O[C@H](CO)[C@@H](O)[C@H](O)[C@H]1O. The Balaban J connectivity index is 0.775. The van der Waals surface area contributed by atoms with Crippen LogP contribution in [0.1, 0.15) is 78.6 Å². The summed E-state index contributed by atoms with van der Waals surface area (Å²) < 4.78 is 78.5. The first-order valence-corrected chi connectivity index (χ1v) is 34.4. The van der Waals surface area contributed by atoms with Crippen molar-refractivity contribution in [2.24, 2.45) is 52.3 Å². The predicted octanol–water partition coefficient (Wildman–Crippen LogP) is -8.49. The fraction of sp³-hybridized carbons (Fsp3) is 0.969. The zero-order valence-electron chi connectivity index (χ0n) is 55.2. The number of rotatable bonds is 22. The van der Waals surface area contributed by atoms with Gasteiger partial charge in [0.2, 0.25) is 0 Å². The zero-order chi connectivity index (χ0) is 71.1. The van der Waals surface area contributed by atoms with E-state index in [2.05, 4.69) is 27.4 Å². The molecule has 0 aromatic heterocycles. The highest BCUT2D eigenvalue weighted by Crippen LogP contribution is 2.71. The monoisotopic (exact) mass is 1420 g/mol. The fourth-order valence-electron chi connectivity index (χ4n) is 19.2. The summed E-state index contributed by atoms with van der Waals surface area (Å²) in [4.78, 5) is 0. The summed E-state index contributed by atoms with van der Waals surface area (Å²) >= 11 is 0. The molecule has 0 amide bonds. The minimum absolute atomic E-state index is 0.0214. The van der Waals surface area contributed by atoms with Crippen LogP contribution in [0.25, 0.3) is 0 Å². The van der Waals surface area contributed by atoms with E-state index in [4.69, 9.17) is 61.6 Å². The van der Waals surface area contributed by atoms with Crippen LogP contribution >= 0.6 is 0 Å². The van der Waals surface area contributed by atoms with Gasteiger partial charge in [-0.3, -0.25) is 0 Å². The van der Waals surface area contributed by atoms with Crippen LogP contribution in [0.2, 0.25) is 0 Å². The van der Waals surface area contributed by atoms with Crippen molar-refractivity contribution in [3.8, 4) is 0 Å². The minimum atomic E-state index is -2.26. The van der Waals surface area contributed by atoms with Gasteiger partial charge in [0.1, 0.15) is 146 Å². The van der Waals surface area contributed by atoms with Crippen molar-refractivity contribution in [2.45, 2.75) is 281 Å². The molecule has 0 aromatic carbocycles. The first-order valence-electron chi connectivity index (χ1n) is 34.4. The number of methoxy groups -OCH3 is 1. The molecular weight excluding hydrogens is 1310 g/mol. The second-order valence-electron chi connectivity index (χ2n) is 29.9. The highest BCUT2D eigenvalue weighted by atomic mass is 16.8. The van der Waals surface area contributed by atoms with Gasteiger partial charge >= 0.3 is 0 Å². The fourth-order valence-corrected chi connectivity index (χ4v) is 19.2. The van der Waals surface area contributed by atoms with Crippen LogP contribution in [0.15, 0.2) is 12.2 Å². The van der Waals surface area contributed by atoms with Gasteiger partial charge in [-0.15, -0.1) is 0 Å². The molecule has 4 saturated carbocycles. The van der Waals surface area contributed by atoms with Gasteiger partial charge in [0.25, 0.3) is 0 Å². The highest BCUT2D eigenvalue weighted by Gasteiger charge is 2.70. The minimum Gasteiger partial charge on any atom is -0.394 e. The molecule has 34 nitrogen and oxygen atoms in total. The van der Waals surface area contributed by atoms with Crippen LogP contribution < -0.4 is 0 Å². The molecule has 566 valence electrons. The van der Waals surface area contributed by atoms with E-state index in [0.29, 0.717) is 31.3 Å². The average molecular weight is 1420 g/mol. The summed E-state index contributed by atoms with van der Waals surface area (Å²) in [6, 6.07) is 0. The molecule has 4 aliphatic carbocycles. The van der Waals surface area contributed by atoms with Crippen LogP contribution in [-0.2, 0) is 61.6 Å². The van der Waals surface area contributed by atoms with Crippen molar-refractivity contribution < 1.29 is 169 Å². The molecule has 34 heteroatoms. The lowest BCUT2D eigenvalue weighted by molar-refractivity contribution is -0.409. The molecule has 42 atom stereocenters. The second kappa shape index (κ2) is 31.1. The zero-order valence-corrected chi connectivity index (χ0v) is 55.2. The van der Waals surface area contributed by atoms with Crippen molar-refractivity contribution >= 4 is 0 Å². The third-order valence-electron chi connectivity index (χ3n) is 24.7. The lowest BCUT2D eigenvalue weighted by Gasteiger charge is -2.62. The van der Waals surface area contributed by atoms with Gasteiger partial charge in [0, 0.05) is 25.4 Å². The van der Waals surface area contributed by atoms with E-state index < -0.39 is 241 Å². The Kier molecular flexibility index (Phi) is 24.6. The molecular formula is C64H106O34. The standard InChI is InChI=1S/C64H106O34/c1-22(21-87-57-48(82)43(77)38(72)31(15-65)89-57)8-11-64(86-5)23(2)37-30(98-64)13-28-25-7-6-24-12-26(29(71)14-63(24,4)27(25)9-10-62(28,37)3)52-46(80)47(81)53(36(20-70)88-52)94-61-56(55(42(76)35(19-69)93-61)96-59-50(84)45(79)40(74)33(17-67)91-59)97-60-51(85)54(41(75)34(18-68)92-60)95-58-49(83)44(78)39(73)32(16-66)90-58/h23-61,65-85H,1,6-21H2,2-5H3/t23-,24-,25+,26+,27-,28-,29+,30-,31+,32+,33+,34+,35+,36+,37-,38+,39+,40+,41+,42+,43-,44-,45-,46+,47+,48+,49+,50+,51+,52-,53-,54-,55-,56+,57+,58-,59-,60-,61-,62-,63-,64?/m0/s1. The van der Waals surface area contributed by atoms with Crippen molar-refractivity contribution in [1.82, 2.24) is 0 Å². The van der Waals surface area contributed by atoms with E-state index in [1.807, 2.05) is 0 Å². The van der Waals surface area contributed by atoms with E-state index in [0.717, 1.165) is 32.1 Å². The third kappa shape index (κ3) is 13.9. The Morgan fingerprint density at radius 2 is 0.929 bits per heavy atom. The van der Waals surface area contributed by atoms with Gasteiger partial charge in [0.15, 0.2) is 37.2 Å². The smallest absolute Gasteiger partial charge is 0.187 e. The summed E-state index contributed by atoms with van der Waals surface area (Å²) in [5.41, 5.74) is 0.159. The van der Waals surface area contributed by atoms with Gasteiger partial charge in [-0.2, -0.15) is 0 Å². The maximum absolute atomic E-state index is 12.4. The van der Waals surface area contributed by atoms with E-state index in [9.17, 15) is 107 Å². The summed E-state index contributed by atoms with van der Waals surface area (Å²) in [5, 5.41) is 229. The quantitative estimate of drug-likeness (QED) is 0.0448. The first-order chi connectivity index (χ1) is 46.5. The number of hydrogen-bond acceptors (Lipinski definition) is 34. The van der Waals surface area contributed by atoms with Crippen LogP contribution in [0.5, 0.6) is 0 Å². The lowest BCUT2D eigenvalue weighted by Crippen LogP contribution is -2.69. The van der Waals surface area contributed by atoms with E-state index >= 15 is 0 Å². The largest absolute Gasteiger partial charge is 0.394 e. The first kappa shape index (κ1) is 77.5. The number of hydrogen-bond donors (Lipinski definition) is 21. The van der Waals surface area contributed by atoms with Gasteiger partial charge in [-0.25, -0.2) is 0 Å². The van der Waals surface area contributed by atoms with E-state index in [1.54, 1.807) is 7.11 Å². The molecule has 0 radical (unpaired) electrons. The molecule has 98 heavy (non-hydrogen) atoms. The average Bonchev–Trinajstić information content (AvgIpc) is 1.52. The van der Waals surface area contributed by atoms with Crippen LogP contribution in [0.4, 0.5) is 0 Å². The van der Waals surface area contributed by atoms with E-state index in [-0.39, 0.29) is 59.0 Å². The molecule has 1 unspecified atom stereocenters. The third-order valence-corrected chi connectivity index (χ3v) is 24.7. The van der Waals surface area contributed by atoms with Gasteiger partial charge in [-0.05, 0) is 91.8 Å². The number of fused-ring (bicyclic) bond motifs is 7. The topological polar surface area (TPSA) is 545 Å². The molecule has 0 bridgehead atoms.